The average Bonchev–Trinajstić information content (AvgIpc) is 3.47. The molecule has 7 nitrogen and oxygen atoms in total. The summed E-state index contributed by atoms with van der Waals surface area (Å²) in [6.07, 6.45) is 2.87. The van der Waals surface area contributed by atoms with Crippen molar-refractivity contribution in [2.45, 2.75) is 31.3 Å². The average molecular weight is 433 g/mol. The fourth-order valence-electron chi connectivity index (χ4n) is 4.79. The van der Waals surface area contributed by atoms with Gasteiger partial charge in [-0.15, -0.1) is 0 Å². The van der Waals surface area contributed by atoms with Gasteiger partial charge in [-0.3, -0.25) is 14.4 Å². The molecule has 32 heavy (non-hydrogen) atoms. The first-order valence-electron chi connectivity index (χ1n) is 11.4. The molecule has 5 rings (SSSR count). The monoisotopic (exact) mass is 432 g/mol. The standard InChI is InChI=1S/C25H28N4O3/c30-22(26-14-17-12-13-28(16-17)18-6-2-1-3-7-18)15-27-24(31)23-20-8-4-5-9-21(20)25(32)29(23)19-10-11-19/h1-9,17,19,23H,10-16H2,(H,26,30)(H,27,31)/t17-,23-/m0/s1. The van der Waals surface area contributed by atoms with Crippen molar-refractivity contribution in [3.63, 3.8) is 0 Å². The number of anilines is 1. The van der Waals surface area contributed by atoms with Crippen molar-refractivity contribution in [3.05, 3.63) is 65.7 Å². The maximum absolute atomic E-state index is 13.0. The second-order valence-corrected chi connectivity index (χ2v) is 8.89. The zero-order valence-electron chi connectivity index (χ0n) is 18.0. The minimum atomic E-state index is -0.645. The summed E-state index contributed by atoms with van der Waals surface area (Å²) in [4.78, 5) is 42.2. The Kier molecular flexibility index (Phi) is 5.55. The Morgan fingerprint density at radius 3 is 2.47 bits per heavy atom. The summed E-state index contributed by atoms with van der Waals surface area (Å²) in [6.45, 7) is 2.40. The predicted molar refractivity (Wildman–Crippen MR) is 121 cm³/mol. The number of carbonyl (C=O) groups excluding carboxylic acids is 3. The van der Waals surface area contributed by atoms with Crippen LogP contribution in [0.3, 0.4) is 0 Å². The van der Waals surface area contributed by atoms with Gasteiger partial charge in [0.2, 0.25) is 11.8 Å². The molecule has 0 unspecified atom stereocenters. The minimum absolute atomic E-state index is 0.0840. The van der Waals surface area contributed by atoms with Crippen LogP contribution in [0.15, 0.2) is 54.6 Å². The van der Waals surface area contributed by atoms with Crippen molar-refractivity contribution in [3.8, 4) is 0 Å². The van der Waals surface area contributed by atoms with Crippen molar-refractivity contribution < 1.29 is 14.4 Å². The number of hydrogen-bond donors (Lipinski definition) is 2. The molecule has 2 aromatic rings. The summed E-state index contributed by atoms with van der Waals surface area (Å²) in [7, 11) is 0. The highest BCUT2D eigenvalue weighted by molar-refractivity contribution is 6.05. The lowest BCUT2D eigenvalue weighted by Gasteiger charge is -2.24. The first kappa shape index (κ1) is 20.5. The largest absolute Gasteiger partial charge is 0.371 e. The molecule has 3 aliphatic rings. The number of hydrogen-bond acceptors (Lipinski definition) is 4. The summed E-state index contributed by atoms with van der Waals surface area (Å²) in [6, 6.07) is 17.0. The van der Waals surface area contributed by atoms with Gasteiger partial charge in [0.25, 0.3) is 5.91 Å². The number of carbonyl (C=O) groups is 3. The van der Waals surface area contributed by atoms with Gasteiger partial charge in [0.05, 0.1) is 6.54 Å². The lowest BCUT2D eigenvalue weighted by Crippen LogP contribution is -2.44. The molecule has 2 aromatic carbocycles. The molecule has 2 fully saturated rings. The van der Waals surface area contributed by atoms with E-state index < -0.39 is 6.04 Å². The zero-order valence-corrected chi connectivity index (χ0v) is 18.0. The Bertz CT molecular complexity index is 1020. The number of nitrogens with one attached hydrogen (secondary N) is 2. The Morgan fingerprint density at radius 1 is 0.938 bits per heavy atom. The topological polar surface area (TPSA) is 81.8 Å². The molecule has 1 saturated carbocycles. The third-order valence-corrected chi connectivity index (χ3v) is 6.61. The molecule has 3 amide bonds. The van der Waals surface area contributed by atoms with Crippen LogP contribution in [0, 0.1) is 5.92 Å². The lowest BCUT2D eigenvalue weighted by atomic mass is 10.0. The van der Waals surface area contributed by atoms with Gasteiger partial charge >= 0.3 is 0 Å². The van der Waals surface area contributed by atoms with Gasteiger partial charge in [-0.05, 0) is 48.9 Å². The quantitative estimate of drug-likeness (QED) is 0.702. The van der Waals surface area contributed by atoms with E-state index in [4.69, 9.17) is 0 Å². The van der Waals surface area contributed by atoms with Crippen LogP contribution in [0.5, 0.6) is 0 Å². The van der Waals surface area contributed by atoms with Crippen LogP contribution in [-0.2, 0) is 9.59 Å². The fraction of sp³-hybridized carbons (Fsp3) is 0.400. The second-order valence-electron chi connectivity index (χ2n) is 8.89. The van der Waals surface area contributed by atoms with Crippen LogP contribution in [0.4, 0.5) is 5.69 Å². The van der Waals surface area contributed by atoms with Gasteiger partial charge < -0.3 is 20.4 Å². The van der Waals surface area contributed by atoms with Crippen molar-refractivity contribution in [1.82, 2.24) is 15.5 Å². The number of nitrogens with zero attached hydrogens (tertiary/aromatic N) is 2. The van der Waals surface area contributed by atoms with Gasteiger partial charge in [0.15, 0.2) is 0 Å². The molecule has 0 radical (unpaired) electrons. The molecular weight excluding hydrogens is 404 g/mol. The Balaban J connectivity index is 1.12. The Hall–Kier alpha value is -3.35. The second kappa shape index (κ2) is 8.65. The van der Waals surface area contributed by atoms with E-state index in [1.807, 2.05) is 36.4 Å². The highest BCUT2D eigenvalue weighted by Crippen LogP contribution is 2.41. The van der Waals surface area contributed by atoms with Gasteiger partial charge in [0.1, 0.15) is 6.04 Å². The van der Waals surface area contributed by atoms with Crippen LogP contribution in [0.25, 0.3) is 0 Å². The van der Waals surface area contributed by atoms with Gasteiger partial charge in [-0.25, -0.2) is 0 Å². The molecule has 166 valence electrons. The normalized spacial score (nSPS) is 22.1. The molecule has 0 spiro atoms. The van der Waals surface area contributed by atoms with Gasteiger partial charge in [-0.1, -0.05) is 36.4 Å². The number of rotatable bonds is 7. The molecule has 2 aliphatic heterocycles. The molecule has 2 N–H and O–H groups in total. The highest BCUT2D eigenvalue weighted by Gasteiger charge is 2.47. The number of amides is 3. The van der Waals surface area contributed by atoms with E-state index in [-0.39, 0.29) is 30.3 Å². The van der Waals surface area contributed by atoms with Crippen LogP contribution in [0.2, 0.25) is 0 Å². The van der Waals surface area contributed by atoms with Crippen LogP contribution < -0.4 is 15.5 Å². The molecule has 2 atom stereocenters. The predicted octanol–water partition coefficient (Wildman–Crippen LogP) is 2.10. The lowest BCUT2D eigenvalue weighted by molar-refractivity contribution is -0.129. The first-order chi connectivity index (χ1) is 15.6. The first-order valence-corrected chi connectivity index (χ1v) is 11.4. The summed E-state index contributed by atoms with van der Waals surface area (Å²) >= 11 is 0. The van der Waals surface area contributed by atoms with Crippen molar-refractivity contribution in [2.24, 2.45) is 5.92 Å². The third kappa shape index (κ3) is 4.07. The van der Waals surface area contributed by atoms with Gasteiger partial charge in [0, 0.05) is 36.9 Å². The number of para-hydroxylation sites is 1. The summed E-state index contributed by atoms with van der Waals surface area (Å²) in [5, 5.41) is 5.71. The molecule has 1 aliphatic carbocycles. The maximum Gasteiger partial charge on any atom is 0.255 e. The number of benzene rings is 2. The summed E-state index contributed by atoms with van der Waals surface area (Å²) in [5.74, 6) is -0.190. The Labute approximate surface area is 187 Å². The van der Waals surface area contributed by atoms with Crippen molar-refractivity contribution in [1.29, 1.82) is 0 Å². The Morgan fingerprint density at radius 2 is 1.69 bits per heavy atom. The van der Waals surface area contributed by atoms with E-state index in [2.05, 4.69) is 27.7 Å². The van der Waals surface area contributed by atoms with Gasteiger partial charge in [-0.2, -0.15) is 0 Å². The van der Waals surface area contributed by atoms with E-state index in [0.29, 0.717) is 18.0 Å². The molecule has 0 bridgehead atoms. The SMILES string of the molecule is O=C(CNC(=O)[C@@H]1c2ccccc2C(=O)N1C1CC1)NC[C@@H]1CCN(c2ccccc2)C1. The van der Waals surface area contributed by atoms with E-state index >= 15 is 0 Å². The smallest absolute Gasteiger partial charge is 0.255 e. The van der Waals surface area contributed by atoms with E-state index in [1.54, 1.807) is 11.0 Å². The van der Waals surface area contributed by atoms with Crippen LogP contribution in [0.1, 0.15) is 41.2 Å². The fourth-order valence-corrected chi connectivity index (χ4v) is 4.79. The zero-order chi connectivity index (χ0) is 22.1. The van der Waals surface area contributed by atoms with Crippen molar-refractivity contribution in [2.75, 3.05) is 31.1 Å². The van der Waals surface area contributed by atoms with E-state index in [9.17, 15) is 14.4 Å². The molecular formula is C25H28N4O3. The molecule has 2 heterocycles. The van der Waals surface area contributed by atoms with Crippen LogP contribution in [-0.4, -0.2) is 54.8 Å². The minimum Gasteiger partial charge on any atom is -0.371 e. The summed E-state index contributed by atoms with van der Waals surface area (Å²) in [5.41, 5.74) is 2.53. The van der Waals surface area contributed by atoms with E-state index in [1.165, 1.54) is 5.69 Å². The molecule has 0 aromatic heterocycles. The number of fused-ring (bicyclic) bond motifs is 1. The van der Waals surface area contributed by atoms with Crippen LogP contribution >= 0.6 is 0 Å². The molecule has 1 saturated heterocycles. The highest BCUT2D eigenvalue weighted by atomic mass is 16.2. The third-order valence-electron chi connectivity index (χ3n) is 6.61. The summed E-state index contributed by atoms with van der Waals surface area (Å²) < 4.78 is 0. The van der Waals surface area contributed by atoms with Crippen molar-refractivity contribution >= 4 is 23.4 Å². The molecule has 7 heteroatoms. The van der Waals surface area contributed by atoms with E-state index in [0.717, 1.165) is 37.9 Å². The maximum atomic E-state index is 13.0.